The summed E-state index contributed by atoms with van der Waals surface area (Å²) in [7, 11) is -1.99. The third kappa shape index (κ3) is 4.99. The summed E-state index contributed by atoms with van der Waals surface area (Å²) < 4.78 is 37.9. The van der Waals surface area contributed by atoms with Crippen molar-refractivity contribution in [2.75, 3.05) is 66.2 Å². The largest absolute Gasteiger partial charge is 0.383 e. The average molecular weight is 373 g/mol. The van der Waals surface area contributed by atoms with Crippen LogP contribution in [0.5, 0.6) is 0 Å². The van der Waals surface area contributed by atoms with Gasteiger partial charge in [-0.1, -0.05) is 0 Å². The van der Waals surface area contributed by atoms with Crippen LogP contribution in [0, 0.1) is 0 Å². The Labute approximate surface area is 143 Å². The molecule has 2 N–H and O–H groups in total. The molecular weight excluding hydrogens is 348 g/mol. The van der Waals surface area contributed by atoms with E-state index in [0.717, 1.165) is 0 Å². The van der Waals surface area contributed by atoms with Gasteiger partial charge in [-0.2, -0.15) is 17.0 Å². The van der Waals surface area contributed by atoms with E-state index in [0.29, 0.717) is 39.4 Å². The van der Waals surface area contributed by atoms with Crippen molar-refractivity contribution in [1.29, 1.82) is 0 Å². The zero-order valence-electron chi connectivity index (χ0n) is 13.2. The van der Waals surface area contributed by atoms with Crippen LogP contribution in [0.3, 0.4) is 0 Å². The van der Waals surface area contributed by atoms with E-state index in [1.165, 1.54) is 15.7 Å². The second-order valence-electron chi connectivity index (χ2n) is 5.31. The third-order valence-electron chi connectivity index (χ3n) is 3.84. The highest BCUT2D eigenvalue weighted by Crippen LogP contribution is 2.14. The number of halogens is 1. The molecule has 2 aliphatic heterocycles. The van der Waals surface area contributed by atoms with Gasteiger partial charge in [0.25, 0.3) is 10.2 Å². The fraction of sp³-hybridized carbons (Fsp3) is 0.917. The lowest BCUT2D eigenvalue weighted by molar-refractivity contribution is -0.135. The van der Waals surface area contributed by atoms with Crippen LogP contribution in [0.4, 0.5) is 0 Å². The van der Waals surface area contributed by atoms with Gasteiger partial charge in [-0.05, 0) is 0 Å². The predicted octanol–water partition coefficient (Wildman–Crippen LogP) is -1.90. The molecule has 0 aromatic heterocycles. The average Bonchev–Trinajstić information content (AvgIpc) is 2.55. The maximum Gasteiger partial charge on any atom is 0.282 e. The first-order valence-electron chi connectivity index (χ1n) is 7.33. The molecule has 1 amide bonds. The van der Waals surface area contributed by atoms with Gasteiger partial charge in [0.15, 0.2) is 0 Å². The summed E-state index contributed by atoms with van der Waals surface area (Å²) in [4.78, 5) is 13.7. The fourth-order valence-corrected chi connectivity index (χ4v) is 4.13. The van der Waals surface area contributed by atoms with E-state index in [2.05, 4.69) is 0 Å². The van der Waals surface area contributed by atoms with Gasteiger partial charge in [0.2, 0.25) is 5.91 Å². The van der Waals surface area contributed by atoms with Crippen molar-refractivity contribution in [3.05, 3.63) is 0 Å². The summed E-state index contributed by atoms with van der Waals surface area (Å²) in [6.07, 6.45) is 0. The summed E-state index contributed by atoms with van der Waals surface area (Å²) in [6, 6.07) is -0.701. The quantitative estimate of drug-likeness (QED) is 0.604. The molecule has 0 aromatic carbocycles. The molecular formula is C12H25ClN4O5S. The smallest absolute Gasteiger partial charge is 0.282 e. The fourth-order valence-electron chi connectivity index (χ4n) is 2.57. The predicted molar refractivity (Wildman–Crippen MR) is 86.6 cm³/mol. The van der Waals surface area contributed by atoms with Crippen LogP contribution in [0.1, 0.15) is 0 Å². The zero-order chi connectivity index (χ0) is 16.2. The van der Waals surface area contributed by atoms with Crippen molar-refractivity contribution in [2.45, 2.75) is 6.04 Å². The summed E-state index contributed by atoms with van der Waals surface area (Å²) in [6.45, 7) is 3.01. The molecule has 2 fully saturated rings. The maximum atomic E-state index is 12.5. The molecule has 0 bridgehead atoms. The molecule has 1 atom stereocenters. The van der Waals surface area contributed by atoms with E-state index in [-0.39, 0.29) is 38.0 Å². The first-order chi connectivity index (χ1) is 10.5. The van der Waals surface area contributed by atoms with Crippen LogP contribution in [-0.4, -0.2) is 100 Å². The summed E-state index contributed by atoms with van der Waals surface area (Å²) in [5.74, 6) is -0.203. The number of nitrogens with zero attached hydrogens (tertiary/aromatic N) is 3. The summed E-state index contributed by atoms with van der Waals surface area (Å²) >= 11 is 0. The molecule has 2 heterocycles. The number of rotatable bonds is 5. The van der Waals surface area contributed by atoms with Crippen molar-refractivity contribution >= 4 is 28.5 Å². The molecule has 11 heteroatoms. The number of piperazine rings is 1. The first-order valence-corrected chi connectivity index (χ1v) is 8.73. The third-order valence-corrected chi connectivity index (χ3v) is 5.87. The van der Waals surface area contributed by atoms with Crippen LogP contribution in [0.2, 0.25) is 0 Å². The Bertz CT molecular complexity index is 478. The highest BCUT2D eigenvalue weighted by atomic mass is 35.5. The standard InChI is InChI=1S/C12H24N4O5S.ClH/c1-20-10-11(13)12(17)14-2-4-15(5-3-14)22(18,19)16-6-8-21-9-7-16;/h11H,2-10,13H2,1H3;1H. The lowest BCUT2D eigenvalue weighted by atomic mass is 10.2. The zero-order valence-corrected chi connectivity index (χ0v) is 14.9. The Hall–Kier alpha value is -0.490. The van der Waals surface area contributed by atoms with Crippen molar-refractivity contribution in [3.63, 3.8) is 0 Å². The van der Waals surface area contributed by atoms with Gasteiger partial charge in [-0.15, -0.1) is 12.4 Å². The van der Waals surface area contributed by atoms with E-state index in [1.807, 2.05) is 0 Å². The second-order valence-corrected chi connectivity index (χ2v) is 7.23. The minimum Gasteiger partial charge on any atom is -0.383 e. The Morgan fingerprint density at radius 1 is 1.13 bits per heavy atom. The molecule has 2 rings (SSSR count). The van der Waals surface area contributed by atoms with Gasteiger partial charge in [0, 0.05) is 46.4 Å². The monoisotopic (exact) mass is 372 g/mol. The molecule has 1 unspecified atom stereocenters. The Kier molecular flexibility index (Phi) is 8.14. The number of amides is 1. The van der Waals surface area contributed by atoms with Crippen LogP contribution in [0.25, 0.3) is 0 Å². The van der Waals surface area contributed by atoms with E-state index < -0.39 is 16.3 Å². The van der Waals surface area contributed by atoms with Crippen molar-refractivity contribution in [2.24, 2.45) is 5.73 Å². The Morgan fingerprint density at radius 2 is 1.65 bits per heavy atom. The van der Waals surface area contributed by atoms with Crippen LogP contribution < -0.4 is 5.73 Å². The van der Waals surface area contributed by atoms with Crippen molar-refractivity contribution < 1.29 is 22.7 Å². The number of nitrogens with two attached hydrogens (primary N) is 1. The number of hydrogen-bond acceptors (Lipinski definition) is 6. The molecule has 2 aliphatic rings. The van der Waals surface area contributed by atoms with Crippen LogP contribution in [0.15, 0.2) is 0 Å². The number of ether oxygens (including phenoxy) is 2. The lowest BCUT2D eigenvalue weighted by Gasteiger charge is -2.38. The molecule has 0 aromatic rings. The first kappa shape index (κ1) is 20.6. The van der Waals surface area contributed by atoms with E-state index in [9.17, 15) is 13.2 Å². The van der Waals surface area contributed by atoms with E-state index in [4.69, 9.17) is 15.2 Å². The number of carbonyl (C=O) groups is 1. The van der Waals surface area contributed by atoms with Gasteiger partial charge in [-0.3, -0.25) is 4.79 Å². The Balaban J connectivity index is 0.00000264. The normalized spacial score (nSPS) is 22.4. The van der Waals surface area contributed by atoms with Gasteiger partial charge >= 0.3 is 0 Å². The van der Waals surface area contributed by atoms with Crippen LogP contribution in [-0.2, 0) is 24.5 Å². The van der Waals surface area contributed by atoms with E-state index in [1.54, 1.807) is 4.90 Å². The van der Waals surface area contributed by atoms with Crippen LogP contribution >= 0.6 is 12.4 Å². The minimum atomic E-state index is -3.47. The number of morpholine rings is 1. The SMILES string of the molecule is COCC(N)C(=O)N1CCN(S(=O)(=O)N2CCOCC2)CC1.Cl. The topological polar surface area (TPSA) is 105 Å². The van der Waals surface area contributed by atoms with Gasteiger partial charge in [0.1, 0.15) is 6.04 Å². The number of methoxy groups -OCH3 is 1. The lowest BCUT2D eigenvalue weighted by Crippen LogP contribution is -2.58. The van der Waals surface area contributed by atoms with Crippen molar-refractivity contribution in [3.8, 4) is 0 Å². The van der Waals surface area contributed by atoms with Gasteiger partial charge in [-0.25, -0.2) is 0 Å². The number of carbonyl (C=O) groups excluding carboxylic acids is 1. The highest BCUT2D eigenvalue weighted by Gasteiger charge is 2.34. The molecule has 0 radical (unpaired) electrons. The summed E-state index contributed by atoms with van der Waals surface area (Å²) in [5, 5.41) is 0. The Morgan fingerprint density at radius 3 is 2.17 bits per heavy atom. The second kappa shape index (κ2) is 9.11. The van der Waals surface area contributed by atoms with Gasteiger partial charge < -0.3 is 20.1 Å². The molecule has 136 valence electrons. The maximum absolute atomic E-state index is 12.5. The van der Waals surface area contributed by atoms with E-state index >= 15 is 0 Å². The highest BCUT2D eigenvalue weighted by molar-refractivity contribution is 7.86. The molecule has 9 nitrogen and oxygen atoms in total. The number of hydrogen-bond donors (Lipinski definition) is 1. The van der Waals surface area contributed by atoms with Gasteiger partial charge in [0.05, 0.1) is 19.8 Å². The molecule has 0 spiro atoms. The molecule has 23 heavy (non-hydrogen) atoms. The molecule has 0 aliphatic carbocycles. The summed E-state index contributed by atoms with van der Waals surface area (Å²) in [5.41, 5.74) is 5.73. The van der Waals surface area contributed by atoms with Crippen molar-refractivity contribution in [1.82, 2.24) is 13.5 Å². The minimum absolute atomic E-state index is 0. The molecule has 0 saturated carbocycles. The molecule has 2 saturated heterocycles.